The topological polar surface area (TPSA) is 117 Å². The molecule has 3 heterocycles. The molecular weight excluding hydrogens is 471 g/mol. The third kappa shape index (κ3) is 8.56. The Bertz CT molecular complexity index is 644. The van der Waals surface area contributed by atoms with E-state index in [1.807, 2.05) is 11.8 Å². The Morgan fingerprint density at radius 3 is 2.77 bits per heavy atom. The van der Waals surface area contributed by atoms with Crippen LogP contribution in [0.1, 0.15) is 32.1 Å². The van der Waals surface area contributed by atoms with E-state index in [1.54, 1.807) is 21.6 Å². The molecule has 9 nitrogen and oxygen atoms in total. The molecule has 0 spiro atoms. The molecule has 0 radical (unpaired) electrons. The van der Waals surface area contributed by atoms with Crippen molar-refractivity contribution in [3.8, 4) is 0 Å². The molecule has 1 unspecified atom stereocenters. The second kappa shape index (κ2) is 14.1. The van der Waals surface area contributed by atoms with Crippen molar-refractivity contribution in [1.82, 2.24) is 21.0 Å². The first-order valence-electron chi connectivity index (χ1n) is 10.1. The van der Waals surface area contributed by atoms with Gasteiger partial charge < -0.3 is 25.6 Å². The van der Waals surface area contributed by atoms with Gasteiger partial charge in [0.25, 0.3) is 0 Å². The van der Waals surface area contributed by atoms with E-state index < -0.39 is 17.8 Å². The summed E-state index contributed by atoms with van der Waals surface area (Å²) in [5, 5.41) is 10.5. The maximum absolute atomic E-state index is 11.7. The Morgan fingerprint density at radius 1 is 1.19 bits per heavy atom. The molecule has 31 heavy (non-hydrogen) atoms. The van der Waals surface area contributed by atoms with Gasteiger partial charge in [-0.1, -0.05) is 34.4 Å². The number of rotatable bonds is 13. The van der Waals surface area contributed by atoms with Gasteiger partial charge in [-0.25, -0.2) is 9.59 Å². The standard InChI is InChI=1S/C18H27N4O5S3.Na/c23-14-4-5-15(24)22(14)27-16(25)6-9-29-30-10-8-19-7-2-1-3-13-17-12(11-28-13)20-18(26)21-17;/h4,12-13,17,19H,1-3,5-11H2,(H2,20,21,26);/q-1;+1/t12-,13?,17-;/m0./s1. The van der Waals surface area contributed by atoms with E-state index in [4.69, 9.17) is 4.84 Å². The fourth-order valence-electron chi connectivity index (χ4n) is 3.43. The monoisotopic (exact) mass is 498 g/mol. The molecule has 168 valence electrons. The van der Waals surface area contributed by atoms with Gasteiger partial charge in [-0.2, -0.15) is 11.8 Å². The molecule has 4 amide bonds. The number of imide groups is 1. The zero-order chi connectivity index (χ0) is 21.3. The van der Waals surface area contributed by atoms with Crippen LogP contribution in [0.2, 0.25) is 0 Å². The van der Waals surface area contributed by atoms with Crippen molar-refractivity contribution >= 4 is 57.2 Å². The summed E-state index contributed by atoms with van der Waals surface area (Å²) in [6, 6.07) is 0.557. The molecule has 13 heteroatoms. The number of hydrogen-bond acceptors (Lipinski definition) is 9. The van der Waals surface area contributed by atoms with Gasteiger partial charge in [-0.3, -0.25) is 11.2 Å². The van der Waals surface area contributed by atoms with Gasteiger partial charge >= 0.3 is 41.6 Å². The average molecular weight is 499 g/mol. The maximum Gasteiger partial charge on any atom is 1.00 e. The molecule has 3 rings (SSSR count). The Labute approximate surface area is 216 Å². The molecule has 3 aliphatic rings. The van der Waals surface area contributed by atoms with Gasteiger partial charge in [0.2, 0.25) is 5.91 Å². The molecule has 0 aromatic carbocycles. The molecule has 3 aliphatic heterocycles. The molecule has 3 atom stereocenters. The van der Waals surface area contributed by atoms with Crippen LogP contribution in [0.3, 0.4) is 0 Å². The van der Waals surface area contributed by atoms with Crippen molar-refractivity contribution in [3.05, 3.63) is 6.42 Å². The Balaban J connectivity index is 0.00000341. The largest absolute Gasteiger partial charge is 1.00 e. The average Bonchev–Trinajstić information content (AvgIpc) is 3.36. The molecule has 3 saturated heterocycles. The van der Waals surface area contributed by atoms with Gasteiger partial charge in [-0.15, -0.1) is 5.06 Å². The van der Waals surface area contributed by atoms with E-state index in [0.717, 1.165) is 43.9 Å². The van der Waals surface area contributed by atoms with E-state index in [0.29, 0.717) is 22.1 Å². The summed E-state index contributed by atoms with van der Waals surface area (Å²) in [7, 11) is 3.25. The predicted octanol–water partition coefficient (Wildman–Crippen LogP) is -1.89. The van der Waals surface area contributed by atoms with E-state index in [-0.39, 0.29) is 54.5 Å². The fraction of sp³-hybridized carbons (Fsp3) is 0.722. The first-order valence-corrected chi connectivity index (χ1v) is 13.6. The van der Waals surface area contributed by atoms with Gasteiger partial charge in [0.05, 0.1) is 18.5 Å². The van der Waals surface area contributed by atoms with Crippen LogP contribution in [0.15, 0.2) is 0 Å². The molecule has 3 fully saturated rings. The van der Waals surface area contributed by atoms with Crippen molar-refractivity contribution in [3.63, 3.8) is 0 Å². The van der Waals surface area contributed by atoms with Crippen molar-refractivity contribution < 1.29 is 53.6 Å². The Hall–Kier alpha value is -0.240. The van der Waals surface area contributed by atoms with E-state index in [1.165, 1.54) is 6.42 Å². The molecular formula is C18H27N4NaO5S3. The number of thioether (sulfide) groups is 1. The molecule has 3 N–H and O–H groups in total. The number of hydrogen-bond donors (Lipinski definition) is 3. The summed E-state index contributed by atoms with van der Waals surface area (Å²) >= 11 is 1.95. The summed E-state index contributed by atoms with van der Waals surface area (Å²) in [4.78, 5) is 50.5. The minimum atomic E-state index is -0.574. The summed E-state index contributed by atoms with van der Waals surface area (Å²) in [6.45, 7) is 1.88. The number of nitrogens with zero attached hydrogens (tertiary/aromatic N) is 1. The minimum absolute atomic E-state index is 0. The fourth-order valence-corrected chi connectivity index (χ4v) is 6.89. The number of nitrogens with one attached hydrogen (secondary N) is 3. The second-order valence-corrected chi connectivity index (χ2v) is 11.1. The number of carbonyl (C=O) groups excluding carboxylic acids is 4. The van der Waals surface area contributed by atoms with Gasteiger partial charge in [0, 0.05) is 29.1 Å². The van der Waals surface area contributed by atoms with E-state index in [9.17, 15) is 19.2 Å². The zero-order valence-electron chi connectivity index (χ0n) is 17.6. The van der Waals surface area contributed by atoms with Gasteiger partial charge in [0.1, 0.15) is 5.91 Å². The van der Waals surface area contributed by atoms with E-state index in [2.05, 4.69) is 16.0 Å². The Kier molecular flexibility index (Phi) is 12.3. The molecule has 0 aliphatic carbocycles. The van der Waals surface area contributed by atoms with E-state index >= 15 is 0 Å². The van der Waals surface area contributed by atoms with Gasteiger partial charge in [-0.05, 0) is 19.4 Å². The zero-order valence-corrected chi connectivity index (χ0v) is 22.0. The molecule has 0 saturated carbocycles. The summed E-state index contributed by atoms with van der Waals surface area (Å²) in [6.07, 6.45) is 4.73. The van der Waals surface area contributed by atoms with Crippen LogP contribution in [-0.2, 0) is 19.2 Å². The summed E-state index contributed by atoms with van der Waals surface area (Å²) in [5.74, 6) is 0.850. The van der Waals surface area contributed by atoms with Crippen molar-refractivity contribution in [2.45, 2.75) is 49.4 Å². The van der Waals surface area contributed by atoms with Crippen molar-refractivity contribution in [1.29, 1.82) is 0 Å². The number of amides is 4. The number of carbonyl (C=O) groups is 4. The summed E-state index contributed by atoms with van der Waals surface area (Å²) < 4.78 is 0. The van der Waals surface area contributed by atoms with Crippen molar-refractivity contribution in [2.75, 3.05) is 30.3 Å². The number of urea groups is 1. The SMILES string of the molecule is O=C1N[C@H]2CSC(CCCCNCCSSCCC(=O)ON3C(=O)[CH-]CC3=O)[C@H]2N1.[Na+]. The van der Waals surface area contributed by atoms with Crippen molar-refractivity contribution in [2.24, 2.45) is 0 Å². The third-order valence-corrected chi connectivity index (χ3v) is 8.85. The van der Waals surface area contributed by atoms with Crippen LogP contribution >= 0.6 is 33.3 Å². The smallest absolute Gasteiger partial charge is 0.333 e. The quantitative estimate of drug-likeness (QED) is 0.0669. The van der Waals surface area contributed by atoms with Crippen LogP contribution in [-0.4, -0.2) is 76.6 Å². The van der Waals surface area contributed by atoms with Crippen LogP contribution in [0, 0.1) is 6.42 Å². The Morgan fingerprint density at radius 2 is 2.00 bits per heavy atom. The molecule has 0 aromatic rings. The molecule has 0 bridgehead atoms. The van der Waals surface area contributed by atoms with Crippen LogP contribution < -0.4 is 45.5 Å². The minimum Gasteiger partial charge on any atom is -0.333 e. The van der Waals surface area contributed by atoms with Crippen LogP contribution in [0.25, 0.3) is 0 Å². The normalized spacial score (nSPS) is 24.3. The first kappa shape index (κ1) is 27.0. The first-order chi connectivity index (χ1) is 14.5. The van der Waals surface area contributed by atoms with Gasteiger partial charge in [0.15, 0.2) is 0 Å². The predicted molar refractivity (Wildman–Crippen MR) is 119 cm³/mol. The second-order valence-electron chi connectivity index (χ2n) is 7.16. The summed E-state index contributed by atoms with van der Waals surface area (Å²) in [5.41, 5.74) is 0. The number of fused-ring (bicyclic) bond motifs is 1. The number of unbranched alkanes of at least 4 members (excludes halogenated alkanes) is 1. The maximum atomic E-state index is 11.7. The van der Waals surface area contributed by atoms with Crippen LogP contribution in [0.5, 0.6) is 0 Å². The molecule has 0 aromatic heterocycles. The number of hydroxylamine groups is 2. The third-order valence-electron chi connectivity index (χ3n) is 4.94. The van der Waals surface area contributed by atoms with Crippen LogP contribution in [0.4, 0.5) is 4.79 Å².